The highest BCUT2D eigenvalue weighted by Gasteiger charge is 2.30. The van der Waals surface area contributed by atoms with Crippen molar-refractivity contribution in [2.75, 3.05) is 39.6 Å². The Bertz CT molecular complexity index is 1640. The number of hydrogen-bond donors (Lipinski definition) is 3. The summed E-state index contributed by atoms with van der Waals surface area (Å²) in [4.78, 5) is 72.0. The molecule has 0 saturated heterocycles. The van der Waals surface area contributed by atoms with E-state index in [4.69, 9.17) is 37.0 Å². The van der Waals surface area contributed by atoms with Crippen molar-refractivity contribution in [1.29, 1.82) is 0 Å². The van der Waals surface area contributed by atoms with Crippen LogP contribution in [-0.4, -0.2) is 96.7 Å². The third-order valence-corrected chi connectivity index (χ3v) is 17.3. The van der Waals surface area contributed by atoms with E-state index >= 15 is 0 Å². The molecule has 0 aromatic heterocycles. The number of esters is 4. The minimum Gasteiger partial charge on any atom is -0.462 e. The van der Waals surface area contributed by atoms with Gasteiger partial charge in [-0.05, 0) is 25.7 Å². The maximum absolute atomic E-state index is 13.0. The summed E-state index contributed by atoms with van der Waals surface area (Å²) in [6.07, 6.45) is 47.6. The number of phosphoric acid groups is 2. The lowest BCUT2D eigenvalue weighted by Crippen LogP contribution is -2.30. The molecule has 17 nitrogen and oxygen atoms in total. The summed E-state index contributed by atoms with van der Waals surface area (Å²) in [5.74, 6) is -2.14. The molecule has 0 rings (SSSR count). The van der Waals surface area contributed by atoms with E-state index in [1.54, 1.807) is 0 Å². The molecule has 0 spiro atoms. The van der Waals surface area contributed by atoms with Crippen molar-refractivity contribution in [3.63, 3.8) is 0 Å². The van der Waals surface area contributed by atoms with E-state index in [1.807, 2.05) is 0 Å². The Morgan fingerprint density at radius 3 is 0.694 bits per heavy atom. The van der Waals surface area contributed by atoms with Crippen LogP contribution in [0.25, 0.3) is 0 Å². The molecule has 0 heterocycles. The van der Waals surface area contributed by atoms with Crippen LogP contribution in [0.5, 0.6) is 0 Å². The summed E-state index contributed by atoms with van der Waals surface area (Å²) in [5.41, 5.74) is 0. The predicted molar refractivity (Wildman–Crippen MR) is 340 cm³/mol. The normalized spacial score (nSPS) is 14.1. The predicted octanol–water partition coefficient (Wildman–Crippen LogP) is 18.7. The topological polar surface area (TPSA) is 237 Å². The first-order valence-electron chi connectivity index (χ1n) is 34.8. The first-order valence-corrected chi connectivity index (χ1v) is 37.8. The van der Waals surface area contributed by atoms with E-state index < -0.39 is 97.5 Å². The van der Waals surface area contributed by atoms with Crippen LogP contribution < -0.4 is 0 Å². The van der Waals surface area contributed by atoms with Crippen LogP contribution in [0.4, 0.5) is 0 Å². The Kier molecular flexibility index (Phi) is 59.6. The second-order valence-electron chi connectivity index (χ2n) is 23.9. The zero-order valence-corrected chi connectivity index (χ0v) is 56.4. The van der Waals surface area contributed by atoms with Gasteiger partial charge in [-0.2, -0.15) is 0 Å². The number of aliphatic hydroxyl groups is 1. The number of carbonyl (C=O) groups excluding carboxylic acids is 4. The second kappa shape index (κ2) is 60.9. The third kappa shape index (κ3) is 60.7. The standard InChI is InChI=1S/C66H128O17P2/c1-5-9-13-17-21-25-26-27-28-29-30-31-32-33-34-35-36-37-41-45-49-53-66(71)83-62(57-77-64(69)51-47-43-39-23-19-15-11-7-3)59-81-85(74,75)79-55-60(67)54-78-84(72,73)80-58-61(82-65(70)52-48-44-40-24-20-16-12-8-4)56-76-63(68)50-46-42-38-22-18-14-10-6-2/h60-62,67H,5-59H2,1-4H3,(H,72,73)(H,74,75)/t60-,61+,62+/m0/s1. The molecule has 0 fully saturated rings. The van der Waals surface area contributed by atoms with Gasteiger partial charge in [0.2, 0.25) is 0 Å². The third-order valence-electron chi connectivity index (χ3n) is 15.4. The highest BCUT2D eigenvalue weighted by Crippen LogP contribution is 2.45. The number of carbonyl (C=O) groups is 4. The van der Waals surface area contributed by atoms with Crippen molar-refractivity contribution in [3.05, 3.63) is 0 Å². The molecular formula is C66H128O17P2. The minimum absolute atomic E-state index is 0.105. The molecule has 85 heavy (non-hydrogen) atoms. The number of aliphatic hydroxyl groups excluding tert-OH is 1. The van der Waals surface area contributed by atoms with E-state index in [-0.39, 0.29) is 25.7 Å². The number of hydrogen-bond acceptors (Lipinski definition) is 15. The second-order valence-corrected chi connectivity index (χ2v) is 26.8. The molecule has 0 amide bonds. The molecule has 19 heteroatoms. The number of unbranched alkanes of at least 4 members (excludes halogenated alkanes) is 41. The molecule has 0 aromatic carbocycles. The van der Waals surface area contributed by atoms with Crippen LogP contribution in [0.2, 0.25) is 0 Å². The van der Waals surface area contributed by atoms with E-state index in [9.17, 15) is 43.2 Å². The van der Waals surface area contributed by atoms with Gasteiger partial charge in [-0.3, -0.25) is 37.3 Å². The largest absolute Gasteiger partial charge is 0.472 e. The van der Waals surface area contributed by atoms with Gasteiger partial charge >= 0.3 is 39.5 Å². The molecule has 2 unspecified atom stereocenters. The summed E-state index contributed by atoms with van der Waals surface area (Å²) in [6, 6.07) is 0. The van der Waals surface area contributed by atoms with Crippen molar-refractivity contribution in [2.45, 2.75) is 361 Å². The minimum atomic E-state index is -4.94. The molecule has 0 saturated carbocycles. The van der Waals surface area contributed by atoms with Crippen LogP contribution in [0.3, 0.4) is 0 Å². The van der Waals surface area contributed by atoms with Crippen LogP contribution in [0, 0.1) is 0 Å². The fraction of sp³-hybridized carbons (Fsp3) is 0.939. The summed E-state index contributed by atoms with van der Waals surface area (Å²) < 4.78 is 67.8. The maximum atomic E-state index is 13.0. The molecule has 3 N–H and O–H groups in total. The van der Waals surface area contributed by atoms with Gasteiger partial charge in [0.15, 0.2) is 12.2 Å². The highest BCUT2D eigenvalue weighted by atomic mass is 31.2. The SMILES string of the molecule is CCCCCCCCCCCCCCCCCCCCCCCC(=O)O[C@H](COC(=O)CCCCCCCCCC)COP(=O)(O)OC[C@@H](O)COP(=O)(O)OC[C@@H](COC(=O)CCCCCCCCCC)OC(=O)CCCCCCCCCC. The molecule has 504 valence electrons. The van der Waals surface area contributed by atoms with Gasteiger partial charge in [0, 0.05) is 25.7 Å². The monoisotopic (exact) mass is 1250 g/mol. The summed E-state index contributed by atoms with van der Waals surface area (Å²) in [5, 5.41) is 10.5. The Hall–Kier alpha value is -1.94. The van der Waals surface area contributed by atoms with Crippen LogP contribution in [0.15, 0.2) is 0 Å². The van der Waals surface area contributed by atoms with Gasteiger partial charge in [0.1, 0.15) is 19.3 Å². The molecular weight excluding hydrogens is 1130 g/mol. The zero-order valence-electron chi connectivity index (χ0n) is 54.6. The molecule has 0 aliphatic carbocycles. The lowest BCUT2D eigenvalue weighted by molar-refractivity contribution is -0.161. The molecule has 0 aromatic rings. The highest BCUT2D eigenvalue weighted by molar-refractivity contribution is 7.47. The fourth-order valence-corrected chi connectivity index (χ4v) is 11.6. The van der Waals surface area contributed by atoms with Gasteiger partial charge in [0.25, 0.3) is 0 Å². The van der Waals surface area contributed by atoms with Crippen molar-refractivity contribution < 1.29 is 80.2 Å². The van der Waals surface area contributed by atoms with E-state index in [0.717, 1.165) is 103 Å². The van der Waals surface area contributed by atoms with Crippen LogP contribution in [0.1, 0.15) is 342 Å². The first kappa shape index (κ1) is 83.1. The zero-order chi connectivity index (χ0) is 62.6. The van der Waals surface area contributed by atoms with Gasteiger partial charge in [-0.15, -0.1) is 0 Å². The summed E-state index contributed by atoms with van der Waals surface area (Å²) in [7, 11) is -9.88. The number of ether oxygens (including phenoxy) is 4. The quantitative estimate of drug-likeness (QED) is 0.0222. The average Bonchev–Trinajstić information content (AvgIpc) is 3.54. The molecule has 0 radical (unpaired) electrons. The van der Waals surface area contributed by atoms with Gasteiger partial charge in [0.05, 0.1) is 26.4 Å². The first-order chi connectivity index (χ1) is 41.2. The fourth-order valence-electron chi connectivity index (χ4n) is 9.99. The molecule has 0 aliphatic heterocycles. The van der Waals surface area contributed by atoms with Crippen molar-refractivity contribution >= 4 is 39.5 Å². The lowest BCUT2D eigenvalue weighted by Gasteiger charge is -2.21. The number of rotatable bonds is 67. The number of phosphoric ester groups is 2. The molecule has 0 aliphatic rings. The van der Waals surface area contributed by atoms with E-state index in [2.05, 4.69) is 27.7 Å². The Labute approximate surface area is 517 Å². The molecule has 0 bridgehead atoms. The van der Waals surface area contributed by atoms with Gasteiger partial charge in [-0.25, -0.2) is 9.13 Å². The van der Waals surface area contributed by atoms with E-state index in [1.165, 1.54) is 161 Å². The summed E-state index contributed by atoms with van der Waals surface area (Å²) >= 11 is 0. The van der Waals surface area contributed by atoms with Crippen LogP contribution in [-0.2, 0) is 65.4 Å². The average molecular weight is 1260 g/mol. The van der Waals surface area contributed by atoms with Gasteiger partial charge in [-0.1, -0.05) is 291 Å². The van der Waals surface area contributed by atoms with Crippen molar-refractivity contribution in [1.82, 2.24) is 0 Å². The molecule has 5 atom stereocenters. The Balaban J connectivity index is 5.05. The Morgan fingerprint density at radius 2 is 0.471 bits per heavy atom. The van der Waals surface area contributed by atoms with Crippen molar-refractivity contribution in [2.24, 2.45) is 0 Å². The lowest BCUT2D eigenvalue weighted by atomic mass is 10.0. The van der Waals surface area contributed by atoms with Crippen molar-refractivity contribution in [3.8, 4) is 0 Å². The Morgan fingerprint density at radius 1 is 0.282 bits per heavy atom. The maximum Gasteiger partial charge on any atom is 0.472 e. The summed E-state index contributed by atoms with van der Waals surface area (Å²) in [6.45, 7) is 4.82. The van der Waals surface area contributed by atoms with Crippen LogP contribution >= 0.6 is 15.6 Å². The van der Waals surface area contributed by atoms with E-state index in [0.29, 0.717) is 25.7 Å². The smallest absolute Gasteiger partial charge is 0.462 e. The van der Waals surface area contributed by atoms with Gasteiger partial charge < -0.3 is 33.8 Å².